The average Bonchev–Trinajstić information content (AvgIpc) is 2.44. The van der Waals surface area contributed by atoms with Crippen LogP contribution in [0, 0.1) is 22.7 Å². The lowest BCUT2D eigenvalue weighted by atomic mass is 10.0. The maximum atomic E-state index is 8.92. The molecular weight excluding hydrogens is 316 g/mol. The molecule has 0 spiro atoms. The number of nitriles is 2. The largest absolute Gasteiger partial charge is 0.345 e. The minimum atomic E-state index is 0.169. The van der Waals surface area contributed by atoms with Crippen molar-refractivity contribution in [2.75, 3.05) is 24.5 Å². The molecule has 1 aromatic carbocycles. The lowest BCUT2D eigenvalue weighted by Crippen LogP contribution is -2.27. The molecule has 0 amide bonds. The molecule has 0 fully saturated rings. The van der Waals surface area contributed by atoms with Gasteiger partial charge in [-0.1, -0.05) is 22.9 Å². The predicted octanol–water partition coefficient (Wildman–Crippen LogP) is 3.36. The first kappa shape index (κ1) is 16.5. The number of hydrogen-bond donors (Lipinski definition) is 1. The molecule has 0 saturated heterocycles. The second kappa shape index (κ2) is 8.58. The van der Waals surface area contributed by atoms with Crippen LogP contribution in [0.25, 0.3) is 0 Å². The van der Waals surface area contributed by atoms with Gasteiger partial charge in [0.1, 0.15) is 13.1 Å². The van der Waals surface area contributed by atoms with Crippen LogP contribution in [-0.2, 0) is 0 Å². The topological polar surface area (TPSA) is 62.9 Å². The van der Waals surface area contributed by atoms with Crippen molar-refractivity contribution in [2.45, 2.75) is 26.3 Å². The van der Waals surface area contributed by atoms with Crippen LogP contribution in [0.3, 0.4) is 0 Å². The van der Waals surface area contributed by atoms with Gasteiger partial charge in [-0.05, 0) is 43.7 Å². The van der Waals surface area contributed by atoms with Crippen molar-refractivity contribution in [3.8, 4) is 12.1 Å². The van der Waals surface area contributed by atoms with E-state index in [-0.39, 0.29) is 19.1 Å². The molecule has 106 valence electrons. The molecule has 1 N–H and O–H groups in total. The highest BCUT2D eigenvalue weighted by atomic mass is 79.9. The quantitative estimate of drug-likeness (QED) is 0.776. The third-order valence-electron chi connectivity index (χ3n) is 3.02. The molecule has 4 nitrogen and oxygen atoms in total. The SMILES string of the molecule is CCCNC(C)c1cc(Br)ccc1N(CC#N)CC#N. The standard InChI is InChI=1S/C15H19BrN4/c1-3-8-19-12(2)14-11-13(16)4-5-15(14)20(9-6-17)10-7-18/h4-5,11-12,19H,3,8-10H2,1-2H3. The van der Waals surface area contributed by atoms with Gasteiger partial charge in [0.25, 0.3) is 0 Å². The average molecular weight is 335 g/mol. The zero-order valence-electron chi connectivity index (χ0n) is 11.9. The summed E-state index contributed by atoms with van der Waals surface area (Å²) in [6, 6.07) is 10.3. The summed E-state index contributed by atoms with van der Waals surface area (Å²) in [5.41, 5.74) is 2.03. The van der Waals surface area contributed by atoms with Crippen molar-refractivity contribution >= 4 is 21.6 Å². The molecule has 1 rings (SSSR count). The number of benzene rings is 1. The predicted molar refractivity (Wildman–Crippen MR) is 84.3 cm³/mol. The minimum absolute atomic E-state index is 0.169. The summed E-state index contributed by atoms with van der Waals surface area (Å²) in [6.07, 6.45) is 1.06. The number of hydrogen-bond acceptors (Lipinski definition) is 4. The smallest absolute Gasteiger partial charge is 0.106 e. The molecule has 0 saturated carbocycles. The van der Waals surface area contributed by atoms with Gasteiger partial charge in [-0.2, -0.15) is 10.5 Å². The van der Waals surface area contributed by atoms with Gasteiger partial charge in [0, 0.05) is 16.2 Å². The molecule has 0 aliphatic rings. The Morgan fingerprint density at radius 3 is 2.50 bits per heavy atom. The van der Waals surface area contributed by atoms with Gasteiger partial charge < -0.3 is 10.2 Å². The monoisotopic (exact) mass is 334 g/mol. The molecule has 0 aliphatic heterocycles. The van der Waals surface area contributed by atoms with E-state index in [1.807, 2.05) is 18.2 Å². The number of rotatable bonds is 7. The Hall–Kier alpha value is -1.56. The molecule has 0 bridgehead atoms. The van der Waals surface area contributed by atoms with Crippen LogP contribution in [0.2, 0.25) is 0 Å². The lowest BCUT2D eigenvalue weighted by Gasteiger charge is -2.25. The highest BCUT2D eigenvalue weighted by molar-refractivity contribution is 9.10. The van der Waals surface area contributed by atoms with Gasteiger partial charge in [-0.3, -0.25) is 0 Å². The second-order valence-electron chi connectivity index (χ2n) is 4.55. The Morgan fingerprint density at radius 2 is 1.95 bits per heavy atom. The van der Waals surface area contributed by atoms with Crippen molar-refractivity contribution < 1.29 is 0 Å². The van der Waals surface area contributed by atoms with Crippen molar-refractivity contribution in [3.05, 3.63) is 28.2 Å². The summed E-state index contributed by atoms with van der Waals surface area (Å²) in [6.45, 7) is 5.58. The van der Waals surface area contributed by atoms with Crippen LogP contribution in [0.4, 0.5) is 5.69 Å². The van der Waals surface area contributed by atoms with E-state index < -0.39 is 0 Å². The summed E-state index contributed by atoms with van der Waals surface area (Å²) in [5, 5.41) is 21.3. The van der Waals surface area contributed by atoms with E-state index in [4.69, 9.17) is 10.5 Å². The Kier molecular flexibility index (Phi) is 7.08. The first-order chi connectivity index (χ1) is 9.63. The van der Waals surface area contributed by atoms with E-state index in [1.54, 1.807) is 4.90 Å². The van der Waals surface area contributed by atoms with Crippen LogP contribution < -0.4 is 10.2 Å². The second-order valence-corrected chi connectivity index (χ2v) is 5.47. The number of halogens is 1. The van der Waals surface area contributed by atoms with Crippen LogP contribution in [0.15, 0.2) is 22.7 Å². The molecule has 0 aromatic heterocycles. The third-order valence-corrected chi connectivity index (χ3v) is 3.51. The number of nitrogens with one attached hydrogen (secondary N) is 1. The fourth-order valence-corrected chi connectivity index (χ4v) is 2.41. The summed E-state index contributed by atoms with van der Waals surface area (Å²) < 4.78 is 0.996. The maximum absolute atomic E-state index is 8.92. The van der Waals surface area contributed by atoms with E-state index >= 15 is 0 Å². The van der Waals surface area contributed by atoms with Crippen LogP contribution >= 0.6 is 15.9 Å². The van der Waals surface area contributed by atoms with E-state index in [0.29, 0.717) is 0 Å². The van der Waals surface area contributed by atoms with Crippen molar-refractivity contribution in [1.29, 1.82) is 10.5 Å². The van der Waals surface area contributed by atoms with Crippen molar-refractivity contribution in [1.82, 2.24) is 5.32 Å². The Morgan fingerprint density at radius 1 is 1.30 bits per heavy atom. The molecule has 5 heteroatoms. The van der Waals surface area contributed by atoms with E-state index in [2.05, 4.69) is 47.2 Å². The molecule has 1 unspecified atom stereocenters. The lowest BCUT2D eigenvalue weighted by molar-refractivity contribution is 0.570. The molecular formula is C15H19BrN4. The Balaban J connectivity index is 3.11. The highest BCUT2D eigenvalue weighted by Gasteiger charge is 2.15. The molecule has 0 aliphatic carbocycles. The molecule has 1 aromatic rings. The van der Waals surface area contributed by atoms with Gasteiger partial charge >= 0.3 is 0 Å². The van der Waals surface area contributed by atoms with Gasteiger partial charge in [0.05, 0.1) is 12.1 Å². The fraction of sp³-hybridized carbons (Fsp3) is 0.467. The summed E-state index contributed by atoms with van der Waals surface area (Å²) in [4.78, 5) is 1.80. The van der Waals surface area contributed by atoms with E-state index in [0.717, 1.165) is 28.7 Å². The molecule has 0 radical (unpaired) electrons. The Labute approximate surface area is 129 Å². The molecule has 20 heavy (non-hydrogen) atoms. The van der Waals surface area contributed by atoms with Gasteiger partial charge in [0.15, 0.2) is 0 Å². The normalized spacial score (nSPS) is 11.4. The summed E-state index contributed by atoms with van der Waals surface area (Å²) in [5.74, 6) is 0. The third kappa shape index (κ3) is 4.52. The highest BCUT2D eigenvalue weighted by Crippen LogP contribution is 2.29. The maximum Gasteiger partial charge on any atom is 0.106 e. The first-order valence-corrected chi connectivity index (χ1v) is 7.45. The number of anilines is 1. The zero-order valence-corrected chi connectivity index (χ0v) is 13.4. The summed E-state index contributed by atoms with van der Waals surface area (Å²) in [7, 11) is 0. The van der Waals surface area contributed by atoms with E-state index in [1.165, 1.54) is 0 Å². The van der Waals surface area contributed by atoms with Crippen molar-refractivity contribution in [2.24, 2.45) is 0 Å². The van der Waals surface area contributed by atoms with Gasteiger partial charge in [-0.15, -0.1) is 0 Å². The van der Waals surface area contributed by atoms with E-state index in [9.17, 15) is 0 Å². The Bertz CT molecular complexity index is 500. The van der Waals surface area contributed by atoms with Crippen LogP contribution in [0.5, 0.6) is 0 Å². The van der Waals surface area contributed by atoms with Gasteiger partial charge in [0.2, 0.25) is 0 Å². The van der Waals surface area contributed by atoms with Crippen LogP contribution in [-0.4, -0.2) is 19.6 Å². The zero-order chi connectivity index (χ0) is 15.0. The van der Waals surface area contributed by atoms with Gasteiger partial charge in [-0.25, -0.2) is 0 Å². The fourth-order valence-electron chi connectivity index (χ4n) is 2.03. The molecule has 0 heterocycles. The summed E-state index contributed by atoms with van der Waals surface area (Å²) >= 11 is 3.48. The van der Waals surface area contributed by atoms with Crippen LogP contribution in [0.1, 0.15) is 31.9 Å². The van der Waals surface area contributed by atoms with Crippen molar-refractivity contribution in [3.63, 3.8) is 0 Å². The molecule has 1 atom stereocenters. The first-order valence-electron chi connectivity index (χ1n) is 6.65. The minimum Gasteiger partial charge on any atom is -0.345 e. The number of nitrogens with zero attached hydrogens (tertiary/aromatic N) is 3.